The number of fused-ring (bicyclic) bond motifs is 3. The minimum atomic E-state index is -1.37. The van der Waals surface area contributed by atoms with Gasteiger partial charge in [-0.25, -0.2) is 14.2 Å². The fourth-order valence-corrected chi connectivity index (χ4v) is 6.82. The Morgan fingerprint density at radius 3 is 2.74 bits per heavy atom. The smallest absolute Gasteiger partial charge is 0.330 e. The van der Waals surface area contributed by atoms with Crippen molar-refractivity contribution in [1.82, 2.24) is 15.2 Å². The summed E-state index contributed by atoms with van der Waals surface area (Å²) in [5.41, 5.74) is 0.0305. The molecule has 2 aromatic carbocycles. The second-order valence-corrected chi connectivity index (χ2v) is 12.3. The Morgan fingerprint density at radius 1 is 1.14 bits per heavy atom. The molecule has 0 radical (unpaired) electrons. The summed E-state index contributed by atoms with van der Waals surface area (Å²) in [6, 6.07) is 11.9. The number of allylic oxidation sites excluding steroid dienone is 1. The second kappa shape index (κ2) is 11.7. The van der Waals surface area contributed by atoms with Gasteiger partial charge in [-0.15, -0.1) is 0 Å². The molecule has 1 saturated carbocycles. The summed E-state index contributed by atoms with van der Waals surface area (Å²) in [5.74, 6) is -2.54. The first kappa shape index (κ1) is 28.1. The average Bonchev–Trinajstić information content (AvgIpc) is 3.29. The number of rotatable bonds is 5. The van der Waals surface area contributed by atoms with Gasteiger partial charge in [-0.05, 0) is 62.1 Å². The normalized spacial score (nSPS) is 29.0. The summed E-state index contributed by atoms with van der Waals surface area (Å²) < 4.78 is 20.8. The summed E-state index contributed by atoms with van der Waals surface area (Å²) >= 11 is 1.39. The Kier molecular flexibility index (Phi) is 7.85. The number of aliphatic carboxylic acids is 1. The molecule has 11 heteroatoms. The molecule has 42 heavy (non-hydrogen) atoms. The number of halogens is 1. The molecule has 2 aliphatic heterocycles. The third kappa shape index (κ3) is 5.83. The van der Waals surface area contributed by atoms with Crippen LogP contribution in [0.2, 0.25) is 0 Å². The molecule has 2 fully saturated rings. The van der Waals surface area contributed by atoms with Crippen LogP contribution in [-0.4, -0.2) is 63.0 Å². The number of anilines is 1. The summed E-state index contributed by atoms with van der Waals surface area (Å²) in [7, 11) is 0. The lowest BCUT2D eigenvalue weighted by atomic mass is 10.0. The van der Waals surface area contributed by atoms with Gasteiger partial charge in [0, 0.05) is 18.0 Å². The predicted molar refractivity (Wildman–Crippen MR) is 157 cm³/mol. The number of ether oxygens (including phenoxy) is 1. The minimum absolute atomic E-state index is 0.151. The van der Waals surface area contributed by atoms with Gasteiger partial charge in [0.1, 0.15) is 29.5 Å². The second-order valence-electron chi connectivity index (χ2n) is 11.3. The summed E-state index contributed by atoms with van der Waals surface area (Å²) in [4.78, 5) is 46.2. The molecular weight excluding hydrogens is 559 g/mol. The molecule has 0 bridgehead atoms. The van der Waals surface area contributed by atoms with Crippen molar-refractivity contribution in [2.45, 2.75) is 68.7 Å². The topological polar surface area (TPSA) is 121 Å². The number of nitrogens with zero attached hydrogens (tertiary/aromatic N) is 2. The standard InChI is InChI=1S/C31H33FN4O5S/c32-20-12-14-21(15-13-20)33-24-10-5-3-1-2-4-8-19-17-31(19,29(39)40)35-27(37)25-16-22(18-36(25)28(24)38)41-30-34-23-9-6-7-11-26(23)42-30/h4,6-9,11-15,19,22,24-25,33H,1-3,5,10,16-18H2,(H,35,37)(H,39,40)/b8-4-/t19-,22+,24-,25-,31+/m0/s1. The lowest BCUT2D eigenvalue weighted by molar-refractivity contribution is -0.145. The highest BCUT2D eigenvalue weighted by Gasteiger charge is 2.61. The predicted octanol–water partition coefficient (Wildman–Crippen LogP) is 4.74. The number of nitrogens with one attached hydrogen (secondary N) is 2. The Labute approximate surface area is 246 Å². The van der Waals surface area contributed by atoms with Crippen LogP contribution in [-0.2, 0) is 14.4 Å². The Morgan fingerprint density at radius 2 is 1.95 bits per heavy atom. The van der Waals surface area contributed by atoms with E-state index in [1.165, 1.54) is 28.4 Å². The maximum Gasteiger partial charge on any atom is 0.330 e. The van der Waals surface area contributed by atoms with Crippen LogP contribution in [0.3, 0.4) is 0 Å². The van der Waals surface area contributed by atoms with Crippen LogP contribution in [0.15, 0.2) is 60.7 Å². The zero-order valence-electron chi connectivity index (χ0n) is 23.0. The molecule has 0 unspecified atom stereocenters. The Bertz CT molecular complexity index is 1480. The van der Waals surface area contributed by atoms with E-state index >= 15 is 0 Å². The first-order valence-electron chi connectivity index (χ1n) is 14.4. The number of carbonyl (C=O) groups excluding carboxylic acids is 2. The first-order valence-corrected chi connectivity index (χ1v) is 15.2. The number of thiazole rings is 1. The van der Waals surface area contributed by atoms with Gasteiger partial charge in [0.05, 0.1) is 16.8 Å². The van der Waals surface area contributed by atoms with Gasteiger partial charge in [-0.2, -0.15) is 0 Å². The number of benzene rings is 2. The van der Waals surface area contributed by atoms with Crippen molar-refractivity contribution in [3.05, 3.63) is 66.5 Å². The van der Waals surface area contributed by atoms with Gasteiger partial charge in [0.25, 0.3) is 5.19 Å². The van der Waals surface area contributed by atoms with Crippen LogP contribution in [0.4, 0.5) is 10.1 Å². The number of hydrogen-bond acceptors (Lipinski definition) is 7. The molecule has 5 atom stereocenters. The molecule has 3 heterocycles. The number of para-hydroxylation sites is 1. The number of carboxylic acids is 1. The first-order chi connectivity index (χ1) is 20.3. The molecule has 1 saturated heterocycles. The highest BCUT2D eigenvalue weighted by molar-refractivity contribution is 7.20. The molecule has 2 amide bonds. The molecule has 6 rings (SSSR count). The van der Waals surface area contributed by atoms with Crippen molar-refractivity contribution in [2.75, 3.05) is 11.9 Å². The average molecular weight is 593 g/mol. The number of aromatic nitrogens is 1. The van der Waals surface area contributed by atoms with Crippen LogP contribution in [0.1, 0.15) is 44.9 Å². The fraction of sp³-hybridized carbons (Fsp3) is 0.419. The number of carbonyl (C=O) groups is 3. The van der Waals surface area contributed by atoms with Gasteiger partial charge in [-0.3, -0.25) is 9.59 Å². The van der Waals surface area contributed by atoms with Crippen molar-refractivity contribution in [1.29, 1.82) is 0 Å². The fourth-order valence-electron chi connectivity index (χ4n) is 5.94. The largest absolute Gasteiger partial charge is 0.479 e. The van der Waals surface area contributed by atoms with Gasteiger partial charge in [-0.1, -0.05) is 48.5 Å². The lowest BCUT2D eigenvalue weighted by Crippen LogP contribution is -2.55. The highest BCUT2D eigenvalue weighted by Crippen LogP contribution is 2.45. The molecular formula is C31H33FN4O5S. The van der Waals surface area contributed by atoms with E-state index in [9.17, 15) is 23.9 Å². The van der Waals surface area contributed by atoms with E-state index in [2.05, 4.69) is 15.6 Å². The highest BCUT2D eigenvalue weighted by atomic mass is 32.1. The quantitative estimate of drug-likeness (QED) is 0.366. The number of hydrogen-bond donors (Lipinski definition) is 3. The molecule has 9 nitrogen and oxygen atoms in total. The van der Waals surface area contributed by atoms with Crippen LogP contribution in [0, 0.1) is 11.7 Å². The lowest BCUT2D eigenvalue weighted by Gasteiger charge is -2.30. The third-order valence-corrected chi connectivity index (χ3v) is 9.28. The molecule has 3 aromatic rings. The number of carboxylic acid groups (broad SMARTS) is 1. The monoisotopic (exact) mass is 592 g/mol. The zero-order chi connectivity index (χ0) is 29.3. The zero-order valence-corrected chi connectivity index (χ0v) is 23.8. The molecule has 3 aliphatic rings. The molecule has 1 aliphatic carbocycles. The van der Waals surface area contributed by atoms with Gasteiger partial charge < -0.3 is 25.4 Å². The van der Waals surface area contributed by atoms with E-state index in [0.29, 0.717) is 23.7 Å². The van der Waals surface area contributed by atoms with Gasteiger partial charge >= 0.3 is 5.97 Å². The van der Waals surface area contributed by atoms with E-state index in [4.69, 9.17) is 4.74 Å². The molecule has 1 aromatic heterocycles. The SMILES string of the molecule is O=C1N[C@]2(C(=O)O)C[C@@H]2/C=C\CCCCC[C@H](Nc2ccc(F)cc2)C(=O)N2C[C@H](Oc3nc4ccccc4s3)C[C@@H]12. The third-order valence-electron chi connectivity index (χ3n) is 8.35. The summed E-state index contributed by atoms with van der Waals surface area (Å²) in [6.45, 7) is 0.151. The van der Waals surface area contributed by atoms with Crippen molar-refractivity contribution < 1.29 is 28.6 Å². The number of amides is 2. The summed E-state index contributed by atoms with van der Waals surface area (Å²) in [5, 5.41) is 16.5. The molecule has 0 spiro atoms. The van der Waals surface area contributed by atoms with Gasteiger partial charge in [0.15, 0.2) is 0 Å². The van der Waals surface area contributed by atoms with Crippen LogP contribution in [0.25, 0.3) is 10.2 Å². The van der Waals surface area contributed by atoms with Crippen LogP contribution < -0.4 is 15.4 Å². The van der Waals surface area contributed by atoms with E-state index in [1.807, 2.05) is 36.4 Å². The van der Waals surface area contributed by atoms with Gasteiger partial charge in [0.2, 0.25) is 11.8 Å². The van der Waals surface area contributed by atoms with Crippen LogP contribution in [0.5, 0.6) is 5.19 Å². The van der Waals surface area contributed by atoms with Crippen molar-refractivity contribution in [2.24, 2.45) is 5.92 Å². The summed E-state index contributed by atoms with van der Waals surface area (Å²) in [6.07, 6.45) is 7.77. The van der Waals surface area contributed by atoms with E-state index in [1.54, 1.807) is 12.1 Å². The molecule has 3 N–H and O–H groups in total. The van der Waals surface area contributed by atoms with E-state index < -0.39 is 35.6 Å². The van der Waals surface area contributed by atoms with Crippen molar-refractivity contribution in [3.63, 3.8) is 0 Å². The van der Waals surface area contributed by atoms with Crippen LogP contribution >= 0.6 is 11.3 Å². The molecule has 220 valence electrons. The van der Waals surface area contributed by atoms with Crippen molar-refractivity contribution in [3.8, 4) is 5.19 Å². The van der Waals surface area contributed by atoms with Crippen molar-refractivity contribution >= 4 is 45.0 Å². The maximum absolute atomic E-state index is 14.1. The van der Waals surface area contributed by atoms with E-state index in [-0.39, 0.29) is 30.6 Å². The maximum atomic E-state index is 14.1. The van der Waals surface area contributed by atoms with E-state index in [0.717, 1.165) is 35.9 Å². The Hall–Kier alpha value is -3.99. The minimum Gasteiger partial charge on any atom is -0.479 e. The Balaban J connectivity index is 1.28.